The molecule has 2 aliphatic rings. The zero-order chi connectivity index (χ0) is 19.2. The fourth-order valence-electron chi connectivity index (χ4n) is 4.51. The normalized spacial score (nSPS) is 19.0. The number of amides is 1. The van der Waals surface area contributed by atoms with E-state index >= 15 is 0 Å². The Morgan fingerprint density at radius 1 is 0.821 bits per heavy atom. The highest BCUT2D eigenvalue weighted by Crippen LogP contribution is 2.25. The highest BCUT2D eigenvalue weighted by molar-refractivity contribution is 5.83. The first-order chi connectivity index (χ1) is 13.8. The highest BCUT2D eigenvalue weighted by Gasteiger charge is 2.29. The first kappa shape index (κ1) is 19.2. The van der Waals surface area contributed by atoms with Gasteiger partial charge in [0.05, 0.1) is 0 Å². The van der Waals surface area contributed by atoms with E-state index in [1.54, 1.807) is 0 Å². The molecule has 0 bridgehead atoms. The summed E-state index contributed by atoms with van der Waals surface area (Å²) in [5, 5.41) is 3.24. The average Bonchev–Trinajstić information content (AvgIpc) is 3.43. The van der Waals surface area contributed by atoms with Crippen molar-refractivity contribution < 1.29 is 4.79 Å². The summed E-state index contributed by atoms with van der Waals surface area (Å²) in [4.78, 5) is 18.0. The van der Waals surface area contributed by atoms with Crippen molar-refractivity contribution in [3.63, 3.8) is 0 Å². The fraction of sp³-hybridized carbons (Fsp3) is 0.458. The van der Waals surface area contributed by atoms with Crippen molar-refractivity contribution in [2.75, 3.05) is 26.2 Å². The lowest BCUT2D eigenvalue weighted by molar-refractivity contribution is -0.126. The van der Waals surface area contributed by atoms with Gasteiger partial charge in [0.15, 0.2) is 0 Å². The smallest absolute Gasteiger partial charge is 0.242 e. The molecule has 1 atom stereocenters. The van der Waals surface area contributed by atoms with E-state index in [-0.39, 0.29) is 11.9 Å². The molecule has 2 saturated heterocycles. The third kappa shape index (κ3) is 4.62. The molecule has 2 aliphatic heterocycles. The van der Waals surface area contributed by atoms with E-state index in [1.165, 1.54) is 49.9 Å². The van der Waals surface area contributed by atoms with Gasteiger partial charge in [0.1, 0.15) is 6.04 Å². The molecular weight excluding hydrogens is 346 g/mol. The van der Waals surface area contributed by atoms with Crippen LogP contribution >= 0.6 is 0 Å². The summed E-state index contributed by atoms with van der Waals surface area (Å²) < 4.78 is 0. The van der Waals surface area contributed by atoms with Crippen LogP contribution in [0.15, 0.2) is 54.6 Å². The van der Waals surface area contributed by atoms with Crippen molar-refractivity contribution in [1.29, 1.82) is 0 Å². The Balaban J connectivity index is 1.45. The van der Waals surface area contributed by atoms with E-state index in [4.69, 9.17) is 0 Å². The summed E-state index contributed by atoms with van der Waals surface area (Å²) in [6.45, 7) is 5.95. The number of carbonyl (C=O) groups is 1. The first-order valence-corrected chi connectivity index (χ1v) is 10.7. The van der Waals surface area contributed by atoms with Gasteiger partial charge < -0.3 is 5.32 Å². The molecule has 4 rings (SSSR count). The number of nitrogens with one attached hydrogen (secondary N) is 1. The van der Waals surface area contributed by atoms with Crippen LogP contribution in [0.2, 0.25) is 0 Å². The van der Waals surface area contributed by atoms with Crippen molar-refractivity contribution in [3.8, 4) is 0 Å². The van der Waals surface area contributed by atoms with Gasteiger partial charge in [-0.1, -0.05) is 54.6 Å². The molecule has 4 heteroatoms. The van der Waals surface area contributed by atoms with E-state index in [0.29, 0.717) is 6.54 Å². The van der Waals surface area contributed by atoms with Gasteiger partial charge in [-0.25, -0.2) is 0 Å². The number of carbonyl (C=O) groups excluding carboxylic acids is 1. The third-order valence-corrected chi connectivity index (χ3v) is 6.03. The minimum atomic E-state index is -0.186. The Hall–Kier alpha value is -2.17. The van der Waals surface area contributed by atoms with Gasteiger partial charge >= 0.3 is 0 Å². The van der Waals surface area contributed by atoms with E-state index in [1.807, 2.05) is 18.2 Å². The topological polar surface area (TPSA) is 35.6 Å². The fourth-order valence-corrected chi connectivity index (χ4v) is 4.51. The zero-order valence-corrected chi connectivity index (χ0v) is 16.6. The van der Waals surface area contributed by atoms with Crippen molar-refractivity contribution in [2.24, 2.45) is 0 Å². The molecule has 1 amide bonds. The third-order valence-electron chi connectivity index (χ3n) is 6.03. The number of nitrogens with zero attached hydrogens (tertiary/aromatic N) is 2. The number of hydrogen-bond donors (Lipinski definition) is 1. The number of rotatable bonds is 7. The number of hydrogen-bond acceptors (Lipinski definition) is 3. The predicted molar refractivity (Wildman–Crippen MR) is 113 cm³/mol. The molecule has 0 aliphatic carbocycles. The predicted octanol–water partition coefficient (Wildman–Crippen LogP) is 3.74. The maximum absolute atomic E-state index is 13.2. The second-order valence-corrected chi connectivity index (χ2v) is 8.03. The van der Waals surface area contributed by atoms with Crippen molar-refractivity contribution >= 4 is 5.91 Å². The number of benzene rings is 2. The molecule has 0 aromatic heterocycles. The molecule has 0 unspecified atom stereocenters. The molecule has 0 saturated carbocycles. The molecule has 28 heavy (non-hydrogen) atoms. The van der Waals surface area contributed by atoms with Gasteiger partial charge in [0, 0.05) is 13.1 Å². The van der Waals surface area contributed by atoms with Crippen LogP contribution in [0.5, 0.6) is 0 Å². The molecular formula is C24H31N3O. The van der Waals surface area contributed by atoms with Crippen molar-refractivity contribution in [1.82, 2.24) is 15.1 Å². The van der Waals surface area contributed by atoms with Crippen LogP contribution in [-0.2, 0) is 17.9 Å². The van der Waals surface area contributed by atoms with Crippen LogP contribution in [0.1, 0.15) is 48.4 Å². The molecule has 2 fully saturated rings. The number of likely N-dealkylation sites (tertiary alicyclic amines) is 2. The average molecular weight is 378 g/mol. The largest absolute Gasteiger partial charge is 0.350 e. The van der Waals surface area contributed by atoms with Gasteiger partial charge in [-0.05, 0) is 68.6 Å². The second kappa shape index (κ2) is 9.35. The quantitative estimate of drug-likeness (QED) is 0.798. The van der Waals surface area contributed by atoms with E-state index in [9.17, 15) is 4.79 Å². The van der Waals surface area contributed by atoms with Gasteiger partial charge in [-0.3, -0.25) is 14.6 Å². The summed E-state index contributed by atoms with van der Waals surface area (Å²) in [5.74, 6) is 0.115. The van der Waals surface area contributed by atoms with Gasteiger partial charge in [0.25, 0.3) is 0 Å². The Labute approximate surface area is 168 Å². The van der Waals surface area contributed by atoms with E-state index in [2.05, 4.69) is 51.5 Å². The highest BCUT2D eigenvalue weighted by atomic mass is 16.2. The van der Waals surface area contributed by atoms with Crippen LogP contribution in [0.4, 0.5) is 0 Å². The minimum Gasteiger partial charge on any atom is -0.350 e. The van der Waals surface area contributed by atoms with Gasteiger partial charge in [0.2, 0.25) is 5.91 Å². The van der Waals surface area contributed by atoms with Crippen LogP contribution in [0, 0.1) is 0 Å². The van der Waals surface area contributed by atoms with E-state index in [0.717, 1.165) is 25.2 Å². The summed E-state index contributed by atoms with van der Waals surface area (Å²) in [5.41, 5.74) is 3.66. The SMILES string of the molecule is O=C(NCc1ccccc1CN1CCCC1)[C@@H](c1ccccc1)N1CCCC1. The van der Waals surface area contributed by atoms with E-state index < -0.39 is 0 Å². The Kier molecular flexibility index (Phi) is 6.40. The Morgan fingerprint density at radius 2 is 1.43 bits per heavy atom. The molecule has 1 N–H and O–H groups in total. The molecule has 0 spiro atoms. The maximum atomic E-state index is 13.2. The minimum absolute atomic E-state index is 0.115. The summed E-state index contributed by atoms with van der Waals surface area (Å²) in [6.07, 6.45) is 4.95. The van der Waals surface area contributed by atoms with Crippen LogP contribution < -0.4 is 5.32 Å². The lowest BCUT2D eigenvalue weighted by Gasteiger charge is -2.27. The Bertz CT molecular complexity index is 764. The summed E-state index contributed by atoms with van der Waals surface area (Å²) in [6, 6.07) is 18.6. The van der Waals surface area contributed by atoms with Gasteiger partial charge in [-0.2, -0.15) is 0 Å². The molecule has 2 aromatic rings. The lowest BCUT2D eigenvalue weighted by atomic mass is 10.0. The lowest BCUT2D eigenvalue weighted by Crippen LogP contribution is -2.39. The standard InChI is InChI=1S/C24H31N3O/c28-24(23(27-16-8-9-17-27)20-10-2-1-3-11-20)25-18-21-12-4-5-13-22(21)19-26-14-6-7-15-26/h1-5,10-13,23H,6-9,14-19H2,(H,25,28)/t23-/m1/s1. The molecule has 0 radical (unpaired) electrons. The molecule has 4 nitrogen and oxygen atoms in total. The Morgan fingerprint density at radius 3 is 2.14 bits per heavy atom. The van der Waals surface area contributed by atoms with Gasteiger partial charge in [-0.15, -0.1) is 0 Å². The molecule has 2 heterocycles. The van der Waals surface area contributed by atoms with Crippen LogP contribution in [0.3, 0.4) is 0 Å². The zero-order valence-electron chi connectivity index (χ0n) is 16.6. The molecule has 148 valence electrons. The van der Waals surface area contributed by atoms with Crippen LogP contribution in [-0.4, -0.2) is 41.9 Å². The summed E-state index contributed by atoms with van der Waals surface area (Å²) in [7, 11) is 0. The monoisotopic (exact) mass is 377 g/mol. The second-order valence-electron chi connectivity index (χ2n) is 8.03. The molecule has 2 aromatic carbocycles. The maximum Gasteiger partial charge on any atom is 0.242 e. The summed E-state index contributed by atoms with van der Waals surface area (Å²) >= 11 is 0. The van der Waals surface area contributed by atoms with Crippen molar-refractivity contribution in [2.45, 2.75) is 44.8 Å². The first-order valence-electron chi connectivity index (χ1n) is 10.7. The van der Waals surface area contributed by atoms with Crippen molar-refractivity contribution in [3.05, 3.63) is 71.3 Å². The van der Waals surface area contributed by atoms with Crippen LogP contribution in [0.25, 0.3) is 0 Å².